The van der Waals surface area contributed by atoms with Crippen LogP contribution in [0.3, 0.4) is 0 Å². The SMILES string of the molecule is FC(F)(F)c1ccc(-c2cn(CCN3CCOCC3)nn2)cc1. The Hall–Kier alpha value is -1.93. The van der Waals surface area contributed by atoms with Gasteiger partial charge in [0.15, 0.2) is 0 Å². The molecule has 124 valence electrons. The van der Waals surface area contributed by atoms with E-state index in [0.717, 1.165) is 45.0 Å². The van der Waals surface area contributed by atoms with Crippen LogP contribution in [0.2, 0.25) is 0 Å². The monoisotopic (exact) mass is 326 g/mol. The highest BCUT2D eigenvalue weighted by atomic mass is 19.4. The average Bonchev–Trinajstić information content (AvgIpc) is 3.02. The number of halogens is 3. The molecule has 0 saturated carbocycles. The number of nitrogens with zero attached hydrogens (tertiary/aromatic N) is 4. The van der Waals surface area contributed by atoms with Gasteiger partial charge < -0.3 is 4.74 Å². The van der Waals surface area contributed by atoms with Gasteiger partial charge >= 0.3 is 6.18 Å². The lowest BCUT2D eigenvalue weighted by atomic mass is 10.1. The second-order valence-electron chi connectivity index (χ2n) is 5.40. The molecule has 23 heavy (non-hydrogen) atoms. The molecule has 1 aliphatic heterocycles. The molecule has 0 spiro atoms. The second kappa shape index (κ2) is 6.67. The molecule has 1 saturated heterocycles. The number of hydrogen-bond acceptors (Lipinski definition) is 4. The molecule has 0 amide bonds. The Morgan fingerprint density at radius 3 is 2.39 bits per heavy atom. The number of rotatable bonds is 4. The maximum Gasteiger partial charge on any atom is 0.416 e. The van der Waals surface area contributed by atoms with Crippen LogP contribution in [0.1, 0.15) is 5.56 Å². The highest BCUT2D eigenvalue weighted by Gasteiger charge is 2.30. The first-order chi connectivity index (χ1) is 11.0. The number of hydrogen-bond donors (Lipinski definition) is 0. The predicted octanol–water partition coefficient (Wildman–Crippen LogP) is 2.30. The predicted molar refractivity (Wildman–Crippen MR) is 77.7 cm³/mol. The molecule has 5 nitrogen and oxygen atoms in total. The summed E-state index contributed by atoms with van der Waals surface area (Å²) >= 11 is 0. The van der Waals surface area contributed by atoms with Gasteiger partial charge in [0.1, 0.15) is 5.69 Å². The van der Waals surface area contributed by atoms with Crippen molar-refractivity contribution in [1.29, 1.82) is 0 Å². The molecule has 2 heterocycles. The molecule has 3 rings (SSSR count). The summed E-state index contributed by atoms with van der Waals surface area (Å²) in [5, 5.41) is 8.07. The fraction of sp³-hybridized carbons (Fsp3) is 0.467. The fourth-order valence-electron chi connectivity index (χ4n) is 2.44. The van der Waals surface area contributed by atoms with Crippen LogP contribution < -0.4 is 0 Å². The number of alkyl halides is 3. The molecule has 1 fully saturated rings. The highest BCUT2D eigenvalue weighted by molar-refractivity contribution is 5.58. The minimum Gasteiger partial charge on any atom is -0.379 e. The lowest BCUT2D eigenvalue weighted by Gasteiger charge is -2.26. The van der Waals surface area contributed by atoms with E-state index in [1.165, 1.54) is 12.1 Å². The first-order valence-electron chi connectivity index (χ1n) is 7.40. The van der Waals surface area contributed by atoms with Crippen molar-refractivity contribution < 1.29 is 17.9 Å². The Bertz CT molecular complexity index is 633. The van der Waals surface area contributed by atoms with Crippen LogP contribution in [0.5, 0.6) is 0 Å². The molecule has 0 atom stereocenters. The largest absolute Gasteiger partial charge is 0.416 e. The van der Waals surface area contributed by atoms with Crippen molar-refractivity contribution >= 4 is 0 Å². The smallest absolute Gasteiger partial charge is 0.379 e. The number of morpholine rings is 1. The van der Waals surface area contributed by atoms with Gasteiger partial charge in [0.05, 0.1) is 31.5 Å². The van der Waals surface area contributed by atoms with E-state index >= 15 is 0 Å². The molecular formula is C15H17F3N4O. The summed E-state index contributed by atoms with van der Waals surface area (Å²) < 4.78 is 44.7. The summed E-state index contributed by atoms with van der Waals surface area (Å²) in [5.41, 5.74) is 0.525. The first-order valence-corrected chi connectivity index (χ1v) is 7.40. The summed E-state index contributed by atoms with van der Waals surface area (Å²) in [4.78, 5) is 2.28. The summed E-state index contributed by atoms with van der Waals surface area (Å²) in [6.07, 6.45) is -2.57. The van der Waals surface area contributed by atoms with Crippen molar-refractivity contribution in [1.82, 2.24) is 19.9 Å². The summed E-state index contributed by atoms with van der Waals surface area (Å²) in [5.74, 6) is 0. The second-order valence-corrected chi connectivity index (χ2v) is 5.40. The molecule has 8 heteroatoms. The summed E-state index contributed by atoms with van der Waals surface area (Å²) in [6.45, 7) is 4.83. The van der Waals surface area contributed by atoms with Gasteiger partial charge in [-0.2, -0.15) is 13.2 Å². The van der Waals surface area contributed by atoms with Crippen LogP contribution >= 0.6 is 0 Å². The normalized spacial score (nSPS) is 16.7. The van der Waals surface area contributed by atoms with Gasteiger partial charge in [0, 0.05) is 25.2 Å². The lowest BCUT2D eigenvalue weighted by Crippen LogP contribution is -2.38. The highest BCUT2D eigenvalue weighted by Crippen LogP contribution is 2.30. The van der Waals surface area contributed by atoms with Crippen molar-refractivity contribution in [2.75, 3.05) is 32.8 Å². The minimum absolute atomic E-state index is 0.570. The van der Waals surface area contributed by atoms with Gasteiger partial charge in [-0.25, -0.2) is 0 Å². The molecule has 0 unspecified atom stereocenters. The average molecular weight is 326 g/mol. The van der Waals surface area contributed by atoms with Crippen LogP contribution in [0.15, 0.2) is 30.5 Å². The number of ether oxygens (including phenoxy) is 1. The third kappa shape index (κ3) is 4.08. The molecule has 0 bridgehead atoms. The van der Waals surface area contributed by atoms with Gasteiger partial charge in [0.2, 0.25) is 0 Å². The summed E-state index contributed by atoms with van der Waals surface area (Å²) in [7, 11) is 0. The van der Waals surface area contributed by atoms with Crippen LogP contribution in [-0.4, -0.2) is 52.7 Å². The van der Waals surface area contributed by atoms with E-state index in [1.54, 1.807) is 10.9 Å². The van der Waals surface area contributed by atoms with Crippen LogP contribution in [0.25, 0.3) is 11.3 Å². The van der Waals surface area contributed by atoms with E-state index in [2.05, 4.69) is 15.2 Å². The van der Waals surface area contributed by atoms with Crippen molar-refractivity contribution in [2.24, 2.45) is 0 Å². The number of aromatic nitrogens is 3. The fourth-order valence-corrected chi connectivity index (χ4v) is 2.44. The third-order valence-electron chi connectivity index (χ3n) is 3.80. The van der Waals surface area contributed by atoms with Crippen molar-refractivity contribution in [3.8, 4) is 11.3 Å². The zero-order valence-corrected chi connectivity index (χ0v) is 12.5. The molecule has 2 aromatic rings. The van der Waals surface area contributed by atoms with Gasteiger partial charge in [-0.3, -0.25) is 9.58 Å². The van der Waals surface area contributed by atoms with E-state index in [4.69, 9.17) is 4.74 Å². The van der Waals surface area contributed by atoms with Crippen LogP contribution in [0, 0.1) is 0 Å². The van der Waals surface area contributed by atoms with E-state index in [0.29, 0.717) is 17.8 Å². The van der Waals surface area contributed by atoms with E-state index in [-0.39, 0.29) is 0 Å². The topological polar surface area (TPSA) is 43.2 Å². The molecule has 0 aliphatic carbocycles. The maximum atomic E-state index is 12.6. The lowest BCUT2D eigenvalue weighted by molar-refractivity contribution is -0.137. The molecular weight excluding hydrogens is 309 g/mol. The third-order valence-corrected chi connectivity index (χ3v) is 3.80. The van der Waals surface area contributed by atoms with Gasteiger partial charge in [-0.1, -0.05) is 17.3 Å². The van der Waals surface area contributed by atoms with E-state index < -0.39 is 11.7 Å². The van der Waals surface area contributed by atoms with Gasteiger partial charge in [-0.05, 0) is 12.1 Å². The quantitative estimate of drug-likeness (QED) is 0.865. The van der Waals surface area contributed by atoms with Gasteiger partial charge in [-0.15, -0.1) is 5.10 Å². The zero-order chi connectivity index (χ0) is 16.3. The zero-order valence-electron chi connectivity index (χ0n) is 12.5. The van der Waals surface area contributed by atoms with E-state index in [1.807, 2.05) is 0 Å². The standard InChI is InChI=1S/C15H17F3N4O/c16-15(17,18)13-3-1-12(2-4-13)14-11-22(20-19-14)6-5-21-7-9-23-10-8-21/h1-4,11H,5-10H2. The molecule has 1 aromatic heterocycles. The van der Waals surface area contributed by atoms with Crippen LogP contribution in [0.4, 0.5) is 13.2 Å². The Balaban J connectivity index is 1.62. The van der Waals surface area contributed by atoms with Crippen molar-refractivity contribution in [2.45, 2.75) is 12.7 Å². The molecule has 1 aromatic carbocycles. The first kappa shape index (κ1) is 15.9. The van der Waals surface area contributed by atoms with E-state index in [9.17, 15) is 13.2 Å². The maximum absolute atomic E-state index is 12.6. The minimum atomic E-state index is -4.33. The number of benzene rings is 1. The van der Waals surface area contributed by atoms with Crippen molar-refractivity contribution in [3.63, 3.8) is 0 Å². The van der Waals surface area contributed by atoms with Crippen molar-refractivity contribution in [3.05, 3.63) is 36.0 Å². The Morgan fingerprint density at radius 1 is 1.04 bits per heavy atom. The Labute approximate surface area is 131 Å². The summed E-state index contributed by atoms with van der Waals surface area (Å²) in [6, 6.07) is 4.95. The molecule has 1 aliphatic rings. The Kier molecular flexibility index (Phi) is 4.63. The molecule has 0 radical (unpaired) electrons. The van der Waals surface area contributed by atoms with Crippen LogP contribution in [-0.2, 0) is 17.5 Å². The Morgan fingerprint density at radius 2 is 1.74 bits per heavy atom. The molecule has 0 N–H and O–H groups in total. The van der Waals surface area contributed by atoms with Gasteiger partial charge in [0.25, 0.3) is 0 Å².